The fourth-order valence-electron chi connectivity index (χ4n) is 3.09. The van der Waals surface area contributed by atoms with Gasteiger partial charge in [-0.2, -0.15) is 0 Å². The van der Waals surface area contributed by atoms with Gasteiger partial charge in [-0.25, -0.2) is 4.79 Å². The number of nitro benzene ring substituents is 1. The number of hydrogen-bond acceptors (Lipinski definition) is 7. The van der Waals surface area contributed by atoms with Gasteiger partial charge in [-0.05, 0) is 26.0 Å². The summed E-state index contributed by atoms with van der Waals surface area (Å²) < 4.78 is 16.0. The van der Waals surface area contributed by atoms with Crippen LogP contribution < -0.4 is 14.8 Å². The van der Waals surface area contributed by atoms with Crippen molar-refractivity contribution in [1.82, 2.24) is 0 Å². The zero-order valence-corrected chi connectivity index (χ0v) is 16.2. The molecule has 0 saturated heterocycles. The highest BCUT2D eigenvalue weighted by Gasteiger charge is 2.24. The normalized spacial score (nSPS) is 14.5. The number of benzene rings is 2. The lowest BCUT2D eigenvalue weighted by atomic mass is 10.1. The van der Waals surface area contributed by atoms with E-state index in [1.165, 1.54) is 6.07 Å². The van der Waals surface area contributed by atoms with Gasteiger partial charge in [0, 0.05) is 35.7 Å². The Balaban J connectivity index is 1.96. The van der Waals surface area contributed by atoms with E-state index in [1.807, 2.05) is 19.9 Å². The molecular weight excluding hydrogens is 380 g/mol. The second-order valence-electron chi connectivity index (χ2n) is 6.49. The highest BCUT2D eigenvalue weighted by molar-refractivity contribution is 6.07. The number of carbonyl (C=O) groups excluding carboxylic acids is 2. The van der Waals surface area contributed by atoms with Crippen LogP contribution in [0.1, 0.15) is 40.1 Å². The summed E-state index contributed by atoms with van der Waals surface area (Å²) in [7, 11) is 1.15. The van der Waals surface area contributed by atoms with Crippen molar-refractivity contribution in [1.29, 1.82) is 0 Å². The standard InChI is InChI=1S/C20H20N2O7/c1-4-28-18-9-12-5-11(2)29-17(12)10-16(18)21-19(23)13-6-14(20(24)27-3)8-15(7-13)22(25)26/h6-11H,4-5H2,1-3H3,(H,21,23). The average Bonchev–Trinajstić information content (AvgIpc) is 3.06. The van der Waals surface area contributed by atoms with Crippen LogP contribution in [0.5, 0.6) is 11.5 Å². The number of esters is 1. The molecule has 29 heavy (non-hydrogen) atoms. The molecule has 0 bridgehead atoms. The summed E-state index contributed by atoms with van der Waals surface area (Å²) in [5.74, 6) is -0.301. The molecule has 152 valence electrons. The number of nitrogens with one attached hydrogen (secondary N) is 1. The second-order valence-corrected chi connectivity index (χ2v) is 6.49. The van der Waals surface area contributed by atoms with Crippen LogP contribution in [-0.4, -0.2) is 36.6 Å². The molecule has 0 saturated carbocycles. The molecule has 0 fully saturated rings. The molecule has 1 atom stereocenters. The van der Waals surface area contributed by atoms with Crippen LogP contribution >= 0.6 is 0 Å². The Morgan fingerprint density at radius 1 is 1.24 bits per heavy atom. The second kappa shape index (κ2) is 8.17. The Bertz CT molecular complexity index is 987. The molecule has 2 aromatic carbocycles. The predicted octanol–water partition coefficient (Wildman–Crippen LogP) is 3.36. The number of amides is 1. The van der Waals surface area contributed by atoms with Crippen molar-refractivity contribution in [2.24, 2.45) is 0 Å². The molecule has 1 unspecified atom stereocenters. The number of anilines is 1. The molecule has 1 aliphatic rings. The molecule has 3 rings (SSSR count). The van der Waals surface area contributed by atoms with E-state index in [4.69, 9.17) is 9.47 Å². The monoisotopic (exact) mass is 400 g/mol. The van der Waals surface area contributed by atoms with Gasteiger partial charge in [-0.1, -0.05) is 0 Å². The predicted molar refractivity (Wildman–Crippen MR) is 104 cm³/mol. The van der Waals surface area contributed by atoms with Crippen LogP contribution in [0.2, 0.25) is 0 Å². The van der Waals surface area contributed by atoms with Gasteiger partial charge in [-0.15, -0.1) is 0 Å². The number of hydrogen-bond donors (Lipinski definition) is 1. The minimum Gasteiger partial charge on any atom is -0.492 e. The van der Waals surface area contributed by atoms with E-state index in [-0.39, 0.29) is 17.2 Å². The summed E-state index contributed by atoms with van der Waals surface area (Å²) in [5, 5.41) is 13.9. The maximum atomic E-state index is 12.8. The number of fused-ring (bicyclic) bond motifs is 1. The first-order valence-corrected chi connectivity index (χ1v) is 8.98. The smallest absolute Gasteiger partial charge is 0.338 e. The Kier molecular flexibility index (Phi) is 5.67. The quantitative estimate of drug-likeness (QED) is 0.449. The summed E-state index contributed by atoms with van der Waals surface area (Å²) in [5.41, 5.74) is 0.798. The molecule has 0 radical (unpaired) electrons. The molecule has 9 heteroatoms. The van der Waals surface area contributed by atoms with E-state index < -0.39 is 22.5 Å². The van der Waals surface area contributed by atoms with Gasteiger partial charge in [0.15, 0.2) is 0 Å². The molecule has 1 amide bonds. The molecule has 2 aromatic rings. The molecular formula is C20H20N2O7. The fourth-order valence-corrected chi connectivity index (χ4v) is 3.09. The molecule has 1 heterocycles. The Morgan fingerprint density at radius 2 is 1.97 bits per heavy atom. The number of non-ortho nitro benzene ring substituents is 1. The van der Waals surface area contributed by atoms with E-state index in [0.717, 1.165) is 31.2 Å². The highest BCUT2D eigenvalue weighted by atomic mass is 16.6. The van der Waals surface area contributed by atoms with Gasteiger partial charge in [0.25, 0.3) is 11.6 Å². The van der Waals surface area contributed by atoms with E-state index in [9.17, 15) is 19.7 Å². The summed E-state index contributed by atoms with van der Waals surface area (Å²) >= 11 is 0. The molecule has 9 nitrogen and oxygen atoms in total. The van der Waals surface area contributed by atoms with Gasteiger partial charge < -0.3 is 19.5 Å². The Hall–Kier alpha value is -3.62. The minimum atomic E-state index is -0.780. The maximum absolute atomic E-state index is 12.8. The van der Waals surface area contributed by atoms with Crippen molar-refractivity contribution >= 4 is 23.3 Å². The van der Waals surface area contributed by atoms with E-state index >= 15 is 0 Å². The topological polar surface area (TPSA) is 117 Å². The Morgan fingerprint density at radius 3 is 2.62 bits per heavy atom. The van der Waals surface area contributed by atoms with Crippen molar-refractivity contribution in [3.63, 3.8) is 0 Å². The lowest BCUT2D eigenvalue weighted by Gasteiger charge is -2.14. The molecule has 1 aliphatic heterocycles. The van der Waals surface area contributed by atoms with Crippen LogP contribution in [0.4, 0.5) is 11.4 Å². The summed E-state index contributed by atoms with van der Waals surface area (Å²) in [6, 6.07) is 6.86. The van der Waals surface area contributed by atoms with Crippen LogP contribution in [0, 0.1) is 10.1 Å². The van der Waals surface area contributed by atoms with Gasteiger partial charge in [0.05, 0.1) is 29.9 Å². The van der Waals surface area contributed by atoms with Crippen molar-refractivity contribution in [2.45, 2.75) is 26.4 Å². The number of methoxy groups -OCH3 is 1. The Labute approximate surface area is 166 Å². The van der Waals surface area contributed by atoms with Crippen molar-refractivity contribution in [2.75, 3.05) is 19.0 Å². The van der Waals surface area contributed by atoms with Gasteiger partial charge >= 0.3 is 5.97 Å². The number of nitrogens with zero attached hydrogens (tertiary/aromatic N) is 1. The SMILES string of the molecule is CCOc1cc2c(cc1NC(=O)c1cc(C(=O)OC)cc([N+](=O)[O-])c1)OC(C)C2. The first-order valence-electron chi connectivity index (χ1n) is 8.98. The number of nitro groups is 1. The fraction of sp³-hybridized carbons (Fsp3) is 0.300. The van der Waals surface area contributed by atoms with E-state index in [0.29, 0.717) is 23.8 Å². The average molecular weight is 400 g/mol. The van der Waals surface area contributed by atoms with Crippen molar-refractivity contribution < 1.29 is 28.7 Å². The van der Waals surface area contributed by atoms with Crippen molar-refractivity contribution in [3.8, 4) is 11.5 Å². The van der Waals surface area contributed by atoms with Gasteiger partial charge in [0.2, 0.25) is 0 Å². The zero-order chi connectivity index (χ0) is 21.1. The van der Waals surface area contributed by atoms with Crippen LogP contribution in [-0.2, 0) is 11.2 Å². The number of carbonyl (C=O) groups is 2. The largest absolute Gasteiger partial charge is 0.492 e. The van der Waals surface area contributed by atoms with Crippen LogP contribution in [0.15, 0.2) is 30.3 Å². The molecule has 0 aromatic heterocycles. The summed E-state index contributed by atoms with van der Waals surface area (Å²) in [4.78, 5) is 35.1. The van der Waals surface area contributed by atoms with E-state index in [1.54, 1.807) is 6.07 Å². The highest BCUT2D eigenvalue weighted by Crippen LogP contribution is 2.38. The van der Waals surface area contributed by atoms with Crippen molar-refractivity contribution in [3.05, 3.63) is 57.1 Å². The first-order chi connectivity index (χ1) is 13.8. The number of rotatable bonds is 6. The molecule has 1 N–H and O–H groups in total. The maximum Gasteiger partial charge on any atom is 0.338 e. The van der Waals surface area contributed by atoms with Crippen LogP contribution in [0.3, 0.4) is 0 Å². The molecule has 0 aliphatic carbocycles. The van der Waals surface area contributed by atoms with E-state index in [2.05, 4.69) is 10.1 Å². The summed E-state index contributed by atoms with van der Waals surface area (Å²) in [6.45, 7) is 4.15. The third-order valence-electron chi connectivity index (χ3n) is 4.36. The summed E-state index contributed by atoms with van der Waals surface area (Å²) in [6.07, 6.45) is 0.751. The lowest BCUT2D eigenvalue weighted by Crippen LogP contribution is -2.15. The van der Waals surface area contributed by atoms with Gasteiger partial charge in [0.1, 0.15) is 17.6 Å². The minimum absolute atomic E-state index is 0.0183. The molecule has 0 spiro atoms. The van der Waals surface area contributed by atoms with Gasteiger partial charge in [-0.3, -0.25) is 14.9 Å². The third kappa shape index (κ3) is 4.29. The lowest BCUT2D eigenvalue weighted by molar-refractivity contribution is -0.384. The first kappa shape index (κ1) is 20.1. The van der Waals surface area contributed by atoms with Crippen LogP contribution in [0.25, 0.3) is 0 Å². The zero-order valence-electron chi connectivity index (χ0n) is 16.2. The number of ether oxygens (including phenoxy) is 3. The third-order valence-corrected chi connectivity index (χ3v) is 4.36.